The zero-order valence-corrected chi connectivity index (χ0v) is 18.9. The zero-order valence-electron chi connectivity index (χ0n) is 18.1. The van der Waals surface area contributed by atoms with Gasteiger partial charge in [0.2, 0.25) is 11.8 Å². The number of aromatic nitrogens is 2. The molecule has 0 radical (unpaired) electrons. The summed E-state index contributed by atoms with van der Waals surface area (Å²) in [7, 11) is -3.24. The summed E-state index contributed by atoms with van der Waals surface area (Å²) in [6.45, 7) is 2.50. The molecule has 2 aliphatic rings. The van der Waals surface area contributed by atoms with Gasteiger partial charge in [-0.15, -0.1) is 0 Å². The van der Waals surface area contributed by atoms with Gasteiger partial charge in [-0.05, 0) is 30.5 Å². The lowest BCUT2D eigenvalue weighted by atomic mass is 10.1. The molecule has 33 heavy (non-hydrogen) atoms. The highest BCUT2D eigenvalue weighted by molar-refractivity contribution is 7.90. The number of hydrogen-bond donors (Lipinski definition) is 0. The van der Waals surface area contributed by atoms with E-state index in [1.807, 2.05) is 0 Å². The highest BCUT2D eigenvalue weighted by atomic mass is 32.2. The van der Waals surface area contributed by atoms with Crippen LogP contribution in [0.5, 0.6) is 0 Å². The molecule has 1 fully saturated rings. The van der Waals surface area contributed by atoms with Crippen molar-refractivity contribution in [2.24, 2.45) is 5.92 Å². The van der Waals surface area contributed by atoms with E-state index >= 15 is 0 Å². The predicted octanol–water partition coefficient (Wildman–Crippen LogP) is 1.67. The lowest BCUT2D eigenvalue weighted by molar-refractivity contribution is -0.134. The molecule has 0 saturated carbocycles. The monoisotopic (exact) mass is 484 g/mol. The van der Waals surface area contributed by atoms with Gasteiger partial charge in [0.1, 0.15) is 9.84 Å². The summed E-state index contributed by atoms with van der Waals surface area (Å²) in [6.07, 6.45) is 2.45. The highest BCUT2D eigenvalue weighted by Gasteiger charge is 2.37. The fourth-order valence-corrected chi connectivity index (χ4v) is 5.57. The van der Waals surface area contributed by atoms with Crippen LogP contribution in [0.4, 0.5) is 18.9 Å². The number of halogens is 3. The van der Waals surface area contributed by atoms with Gasteiger partial charge in [-0.25, -0.2) is 21.6 Å². The number of sulfone groups is 1. The summed E-state index contributed by atoms with van der Waals surface area (Å²) in [5, 5.41) is 4.32. The van der Waals surface area contributed by atoms with Crippen molar-refractivity contribution in [2.75, 3.05) is 23.5 Å². The van der Waals surface area contributed by atoms with Crippen molar-refractivity contribution in [3.05, 3.63) is 47.0 Å². The molecule has 4 rings (SSSR count). The van der Waals surface area contributed by atoms with Crippen molar-refractivity contribution in [1.29, 1.82) is 0 Å². The van der Waals surface area contributed by atoms with Crippen LogP contribution < -0.4 is 4.90 Å². The number of rotatable bonds is 5. The standard InChI is InChI=1S/C21H23F3N4O4S/c1-12-8-28-18(10-26(12)19(29)5-13-3-15(22)21(24)16(23)4-13)17(7-25-28)27-9-14(6-20(27)30)11-33(2,31)32/h3-4,7,12,14H,5-6,8-11H2,1-2H3/t12-,14?/m0/s1. The van der Waals surface area contributed by atoms with E-state index in [1.54, 1.807) is 11.6 Å². The summed E-state index contributed by atoms with van der Waals surface area (Å²) in [5.41, 5.74) is 1.15. The number of carbonyl (C=O) groups excluding carboxylic acids is 2. The maximum atomic E-state index is 13.5. The number of fused-ring (bicyclic) bond motifs is 1. The summed E-state index contributed by atoms with van der Waals surface area (Å²) in [6, 6.07) is 1.32. The Morgan fingerprint density at radius 1 is 1.18 bits per heavy atom. The predicted molar refractivity (Wildman–Crippen MR) is 112 cm³/mol. The van der Waals surface area contributed by atoms with Crippen LogP contribution in [-0.4, -0.2) is 59.5 Å². The topological polar surface area (TPSA) is 92.6 Å². The van der Waals surface area contributed by atoms with Gasteiger partial charge in [0.25, 0.3) is 0 Å². The van der Waals surface area contributed by atoms with Crippen LogP contribution in [0.2, 0.25) is 0 Å². The van der Waals surface area contributed by atoms with Crippen molar-refractivity contribution < 1.29 is 31.2 Å². The van der Waals surface area contributed by atoms with Crippen LogP contribution in [0.3, 0.4) is 0 Å². The lowest BCUT2D eigenvalue weighted by Gasteiger charge is -2.35. The molecule has 0 bridgehead atoms. The van der Waals surface area contributed by atoms with E-state index < -0.39 is 33.2 Å². The first kappa shape index (κ1) is 23.3. The van der Waals surface area contributed by atoms with Crippen molar-refractivity contribution in [3.63, 3.8) is 0 Å². The van der Waals surface area contributed by atoms with Gasteiger partial charge >= 0.3 is 0 Å². The van der Waals surface area contributed by atoms with Crippen LogP contribution in [0.1, 0.15) is 24.6 Å². The fraction of sp³-hybridized carbons (Fsp3) is 0.476. The minimum absolute atomic E-state index is 0.0150. The number of hydrogen-bond acceptors (Lipinski definition) is 5. The molecule has 0 N–H and O–H groups in total. The molecule has 1 aromatic heterocycles. The third-order valence-corrected chi connectivity index (χ3v) is 7.05. The molecular formula is C21H23F3N4O4S. The van der Waals surface area contributed by atoms with Crippen molar-refractivity contribution in [3.8, 4) is 0 Å². The lowest BCUT2D eigenvalue weighted by Crippen LogP contribution is -2.46. The molecular weight excluding hydrogens is 461 g/mol. The largest absolute Gasteiger partial charge is 0.332 e. The van der Waals surface area contributed by atoms with Gasteiger partial charge < -0.3 is 9.80 Å². The Hall–Kier alpha value is -2.89. The Labute approximate surface area is 188 Å². The van der Waals surface area contributed by atoms with Crippen molar-refractivity contribution in [1.82, 2.24) is 14.7 Å². The van der Waals surface area contributed by atoms with Crippen LogP contribution in [-0.2, 0) is 38.9 Å². The molecule has 2 atom stereocenters. The first-order valence-electron chi connectivity index (χ1n) is 10.4. The summed E-state index contributed by atoms with van der Waals surface area (Å²) < 4.78 is 65.2. The third kappa shape index (κ3) is 4.75. The molecule has 12 heteroatoms. The minimum Gasteiger partial charge on any atom is -0.332 e. The van der Waals surface area contributed by atoms with Crippen LogP contribution in [0, 0.1) is 23.4 Å². The average Bonchev–Trinajstić information content (AvgIpc) is 3.25. The Bertz CT molecular complexity index is 1210. The van der Waals surface area contributed by atoms with E-state index in [0.717, 1.165) is 18.4 Å². The Balaban J connectivity index is 1.53. The van der Waals surface area contributed by atoms with Gasteiger partial charge in [0.15, 0.2) is 17.5 Å². The Morgan fingerprint density at radius 3 is 2.48 bits per heavy atom. The minimum atomic E-state index is -3.24. The number of nitrogens with zero attached hydrogens (tertiary/aromatic N) is 4. The van der Waals surface area contributed by atoms with E-state index in [9.17, 15) is 31.2 Å². The second-order valence-electron chi connectivity index (χ2n) is 8.75. The smallest absolute Gasteiger partial charge is 0.227 e. The highest BCUT2D eigenvalue weighted by Crippen LogP contribution is 2.32. The summed E-state index contributed by atoms with van der Waals surface area (Å²) in [4.78, 5) is 28.5. The van der Waals surface area contributed by atoms with Crippen LogP contribution >= 0.6 is 0 Å². The van der Waals surface area contributed by atoms with E-state index in [4.69, 9.17) is 0 Å². The quantitative estimate of drug-likeness (QED) is 0.602. The second kappa shape index (κ2) is 8.47. The third-order valence-electron chi connectivity index (χ3n) is 5.97. The average molecular weight is 485 g/mol. The van der Waals surface area contributed by atoms with Gasteiger partial charge in [0, 0.05) is 25.3 Å². The molecule has 178 valence electrons. The normalized spacial score (nSPS) is 20.9. The molecule has 2 aliphatic heterocycles. The molecule has 3 heterocycles. The molecule has 1 saturated heterocycles. The first-order chi connectivity index (χ1) is 15.4. The number of carbonyl (C=O) groups is 2. The molecule has 1 unspecified atom stereocenters. The Morgan fingerprint density at radius 2 is 1.85 bits per heavy atom. The molecule has 8 nitrogen and oxygen atoms in total. The fourth-order valence-electron chi connectivity index (χ4n) is 4.49. The number of amides is 2. The van der Waals surface area contributed by atoms with Crippen LogP contribution in [0.25, 0.3) is 0 Å². The van der Waals surface area contributed by atoms with Gasteiger partial charge in [-0.2, -0.15) is 5.10 Å². The second-order valence-corrected chi connectivity index (χ2v) is 10.9. The SMILES string of the molecule is C[C@H]1Cn2ncc(N3CC(CS(C)(=O)=O)CC3=O)c2CN1C(=O)Cc1cc(F)c(F)c(F)c1. The summed E-state index contributed by atoms with van der Waals surface area (Å²) >= 11 is 0. The van der Waals surface area contributed by atoms with E-state index in [0.29, 0.717) is 17.9 Å². The van der Waals surface area contributed by atoms with Gasteiger partial charge in [-0.3, -0.25) is 14.3 Å². The number of anilines is 1. The molecule has 1 aromatic carbocycles. The molecule has 2 aromatic rings. The maximum absolute atomic E-state index is 13.5. The zero-order chi connectivity index (χ0) is 24.1. The van der Waals surface area contributed by atoms with Gasteiger partial charge in [0.05, 0.1) is 42.8 Å². The first-order valence-corrected chi connectivity index (χ1v) is 12.4. The summed E-state index contributed by atoms with van der Waals surface area (Å²) in [5.74, 6) is -5.35. The number of benzene rings is 1. The van der Waals surface area contributed by atoms with E-state index in [1.165, 1.54) is 16.0 Å². The van der Waals surface area contributed by atoms with Gasteiger partial charge in [-0.1, -0.05) is 0 Å². The van der Waals surface area contributed by atoms with Crippen molar-refractivity contribution >= 4 is 27.3 Å². The maximum Gasteiger partial charge on any atom is 0.227 e. The molecule has 0 spiro atoms. The Kier molecular flexibility index (Phi) is 5.97. The van der Waals surface area contributed by atoms with E-state index in [-0.39, 0.29) is 55.1 Å². The van der Waals surface area contributed by atoms with Crippen molar-refractivity contribution in [2.45, 2.75) is 38.9 Å². The van der Waals surface area contributed by atoms with Crippen LogP contribution in [0.15, 0.2) is 18.3 Å². The molecule has 0 aliphatic carbocycles. The van der Waals surface area contributed by atoms with E-state index in [2.05, 4.69) is 5.10 Å². The molecule has 2 amide bonds.